The van der Waals surface area contributed by atoms with Gasteiger partial charge in [0.1, 0.15) is 0 Å². The zero-order valence-corrected chi connectivity index (χ0v) is 28.3. The number of hydrogen-bond donors (Lipinski definition) is 0. The van der Waals surface area contributed by atoms with E-state index in [-0.39, 0.29) is 5.41 Å². The van der Waals surface area contributed by atoms with Crippen molar-refractivity contribution in [3.63, 3.8) is 0 Å². The lowest BCUT2D eigenvalue weighted by molar-refractivity contribution is -0.137. The van der Waals surface area contributed by atoms with Crippen LogP contribution < -0.4 is 0 Å². The second-order valence-electron chi connectivity index (χ2n) is 13.7. The van der Waals surface area contributed by atoms with E-state index in [2.05, 4.69) is 55.7 Å². The van der Waals surface area contributed by atoms with Gasteiger partial charge >= 0.3 is 6.18 Å². The molecule has 0 unspecified atom stereocenters. The first-order valence-electron chi connectivity index (χ1n) is 16.8. The van der Waals surface area contributed by atoms with E-state index in [0.29, 0.717) is 23.0 Å². The summed E-state index contributed by atoms with van der Waals surface area (Å²) in [6.07, 6.45) is -4.44. The predicted octanol–water partition coefficient (Wildman–Crippen LogP) is 12.0. The molecule has 51 heavy (non-hydrogen) atoms. The number of aromatic nitrogens is 4. The molecule has 7 heteroatoms. The van der Waals surface area contributed by atoms with Gasteiger partial charge in [0.15, 0.2) is 17.5 Å². The van der Waals surface area contributed by atoms with E-state index in [4.69, 9.17) is 15.0 Å². The van der Waals surface area contributed by atoms with Crippen molar-refractivity contribution in [1.29, 1.82) is 0 Å². The molecule has 0 aliphatic carbocycles. The zero-order chi connectivity index (χ0) is 35.3. The third-order valence-corrected chi connectivity index (χ3v) is 9.26. The van der Waals surface area contributed by atoms with Gasteiger partial charge in [-0.25, -0.2) is 15.0 Å². The predicted molar refractivity (Wildman–Crippen MR) is 200 cm³/mol. The molecule has 250 valence electrons. The first kappa shape index (κ1) is 32.1. The summed E-state index contributed by atoms with van der Waals surface area (Å²) < 4.78 is 43.1. The Morgan fingerprint density at radius 2 is 0.961 bits per heavy atom. The van der Waals surface area contributed by atoms with Gasteiger partial charge in [-0.05, 0) is 46.9 Å². The van der Waals surface area contributed by atoms with Crippen LogP contribution in [0, 0.1) is 0 Å². The average Bonchev–Trinajstić information content (AvgIpc) is 3.48. The Bertz CT molecular complexity index is 2470. The summed E-state index contributed by atoms with van der Waals surface area (Å²) in [7, 11) is 0. The van der Waals surface area contributed by atoms with Crippen LogP contribution in [0.15, 0.2) is 146 Å². The minimum Gasteiger partial charge on any atom is -0.309 e. The monoisotopic (exact) mass is 674 g/mol. The minimum atomic E-state index is -4.44. The van der Waals surface area contributed by atoms with Crippen LogP contribution in [-0.4, -0.2) is 19.5 Å². The second-order valence-corrected chi connectivity index (χ2v) is 13.7. The molecule has 2 aromatic heterocycles. The van der Waals surface area contributed by atoms with Gasteiger partial charge in [0, 0.05) is 33.0 Å². The highest BCUT2D eigenvalue weighted by Crippen LogP contribution is 2.40. The van der Waals surface area contributed by atoms with E-state index in [9.17, 15) is 13.2 Å². The maximum absolute atomic E-state index is 13.6. The van der Waals surface area contributed by atoms with Crippen LogP contribution >= 0.6 is 0 Å². The fourth-order valence-corrected chi connectivity index (χ4v) is 6.57. The van der Waals surface area contributed by atoms with Gasteiger partial charge in [0.05, 0.1) is 22.3 Å². The van der Waals surface area contributed by atoms with E-state index < -0.39 is 11.7 Å². The van der Waals surface area contributed by atoms with Crippen LogP contribution in [0.5, 0.6) is 0 Å². The highest BCUT2D eigenvalue weighted by Gasteiger charge is 2.30. The molecule has 8 aromatic rings. The summed E-state index contributed by atoms with van der Waals surface area (Å²) in [4.78, 5) is 14.8. The molecule has 0 saturated carbocycles. The molecular formula is C44H33F3N4. The van der Waals surface area contributed by atoms with Crippen LogP contribution in [0.2, 0.25) is 0 Å². The first-order chi connectivity index (χ1) is 24.5. The maximum atomic E-state index is 13.6. The molecule has 0 amide bonds. The summed E-state index contributed by atoms with van der Waals surface area (Å²) >= 11 is 0. The van der Waals surface area contributed by atoms with Crippen molar-refractivity contribution in [3.8, 4) is 51.0 Å². The highest BCUT2D eigenvalue weighted by molar-refractivity contribution is 6.10. The van der Waals surface area contributed by atoms with E-state index in [1.165, 1.54) is 5.56 Å². The molecule has 4 nitrogen and oxygen atoms in total. The number of alkyl halides is 3. The quantitative estimate of drug-likeness (QED) is 0.182. The first-order valence-corrected chi connectivity index (χ1v) is 16.8. The third kappa shape index (κ3) is 6.05. The molecule has 8 rings (SSSR count). The van der Waals surface area contributed by atoms with Crippen molar-refractivity contribution in [2.24, 2.45) is 0 Å². The van der Waals surface area contributed by atoms with Crippen LogP contribution in [0.1, 0.15) is 31.9 Å². The van der Waals surface area contributed by atoms with E-state index >= 15 is 0 Å². The fourth-order valence-electron chi connectivity index (χ4n) is 6.57. The van der Waals surface area contributed by atoms with Crippen LogP contribution in [-0.2, 0) is 11.6 Å². The zero-order valence-electron chi connectivity index (χ0n) is 28.3. The molecule has 0 aliphatic heterocycles. The van der Waals surface area contributed by atoms with Crippen molar-refractivity contribution in [2.75, 3.05) is 0 Å². The van der Waals surface area contributed by atoms with E-state index in [1.807, 2.05) is 91.0 Å². The molecule has 0 bridgehead atoms. The van der Waals surface area contributed by atoms with Crippen molar-refractivity contribution < 1.29 is 13.2 Å². The van der Waals surface area contributed by atoms with Gasteiger partial charge < -0.3 is 4.57 Å². The van der Waals surface area contributed by atoms with Crippen molar-refractivity contribution in [2.45, 2.75) is 32.4 Å². The molecule has 0 spiro atoms. The van der Waals surface area contributed by atoms with Crippen LogP contribution in [0.3, 0.4) is 0 Å². The summed E-state index contributed by atoms with van der Waals surface area (Å²) in [6.45, 7) is 6.56. The van der Waals surface area contributed by atoms with Crippen LogP contribution in [0.25, 0.3) is 72.8 Å². The van der Waals surface area contributed by atoms with Crippen molar-refractivity contribution >= 4 is 21.8 Å². The summed E-state index contributed by atoms with van der Waals surface area (Å²) in [5.74, 6) is 1.57. The average molecular weight is 675 g/mol. The van der Waals surface area contributed by atoms with Crippen LogP contribution in [0.4, 0.5) is 13.2 Å². The normalized spacial score (nSPS) is 12.1. The van der Waals surface area contributed by atoms with E-state index in [0.717, 1.165) is 61.9 Å². The number of benzene rings is 6. The van der Waals surface area contributed by atoms with Gasteiger partial charge in [-0.1, -0.05) is 136 Å². The number of nitrogens with zero attached hydrogens (tertiary/aromatic N) is 4. The smallest absolute Gasteiger partial charge is 0.309 e. The summed E-state index contributed by atoms with van der Waals surface area (Å²) in [5.41, 5.74) is 7.04. The minimum absolute atomic E-state index is 0.111. The Morgan fingerprint density at radius 3 is 1.55 bits per heavy atom. The van der Waals surface area contributed by atoms with Gasteiger partial charge in [-0.2, -0.15) is 13.2 Å². The lowest BCUT2D eigenvalue weighted by Crippen LogP contribution is -2.11. The third-order valence-electron chi connectivity index (χ3n) is 9.26. The number of halogens is 3. The summed E-state index contributed by atoms with van der Waals surface area (Å²) in [5, 5.41) is 2.16. The van der Waals surface area contributed by atoms with E-state index in [1.54, 1.807) is 12.1 Å². The van der Waals surface area contributed by atoms with Crippen molar-refractivity contribution in [3.05, 3.63) is 157 Å². The van der Waals surface area contributed by atoms with Gasteiger partial charge in [0.2, 0.25) is 0 Å². The molecule has 0 saturated heterocycles. The maximum Gasteiger partial charge on any atom is 0.416 e. The van der Waals surface area contributed by atoms with Crippen molar-refractivity contribution in [1.82, 2.24) is 19.5 Å². The Labute approximate surface area is 293 Å². The number of hydrogen-bond acceptors (Lipinski definition) is 3. The van der Waals surface area contributed by atoms with Gasteiger partial charge in [-0.3, -0.25) is 0 Å². The number of fused-ring (bicyclic) bond motifs is 3. The highest BCUT2D eigenvalue weighted by atomic mass is 19.4. The van der Waals surface area contributed by atoms with Gasteiger partial charge in [-0.15, -0.1) is 0 Å². The number of para-hydroxylation sites is 1. The lowest BCUT2D eigenvalue weighted by atomic mass is 9.86. The fraction of sp³-hybridized carbons (Fsp3) is 0.114. The Balaban J connectivity index is 1.42. The Kier molecular flexibility index (Phi) is 7.79. The second kappa shape index (κ2) is 12.4. The molecule has 0 radical (unpaired) electrons. The molecule has 2 heterocycles. The topological polar surface area (TPSA) is 43.6 Å². The molecule has 0 atom stereocenters. The largest absolute Gasteiger partial charge is 0.416 e. The molecular weight excluding hydrogens is 642 g/mol. The number of rotatable bonds is 5. The molecule has 0 N–H and O–H groups in total. The Morgan fingerprint density at radius 1 is 0.451 bits per heavy atom. The molecule has 0 aliphatic rings. The Hall–Kier alpha value is -6.08. The SMILES string of the molecule is CC(C)(C)c1ccc2c3ccccc3n(-c3cc(-c4nc(-c5ccccc5)nc(-c5ccccc5)n4)ccc3-c3ccc(C(F)(F)F)cc3)c2c1. The van der Waals surface area contributed by atoms with Gasteiger partial charge in [0.25, 0.3) is 0 Å². The molecule has 0 fully saturated rings. The standard InChI is InChI=1S/C44H33F3N4/c1-43(2,3)33-23-25-36-35-16-10-11-17-37(35)51(39(36)27-33)38-26-31(20-24-34(38)28-18-21-32(22-19-28)44(45,46)47)42-49-40(29-12-6-4-7-13-29)48-41(50-42)30-14-8-5-9-15-30/h4-27H,1-3H3. The molecule has 6 aromatic carbocycles. The summed E-state index contributed by atoms with van der Waals surface area (Å²) in [6, 6.07) is 45.7. The lowest BCUT2D eigenvalue weighted by Gasteiger charge is -2.20.